The molecule has 140 valence electrons. The highest BCUT2D eigenvalue weighted by molar-refractivity contribution is 5.80. The van der Waals surface area contributed by atoms with Crippen LogP contribution in [0, 0.1) is 0 Å². The number of phenols is 1. The molecular weight excluding hydrogens is 362 g/mol. The van der Waals surface area contributed by atoms with Crippen molar-refractivity contribution in [2.45, 2.75) is 5.41 Å². The zero-order chi connectivity index (χ0) is 19.6. The Labute approximate surface area is 167 Å². The first-order valence-electron chi connectivity index (χ1n) is 9.47. The lowest BCUT2D eigenvalue weighted by Gasteiger charge is -2.45. The van der Waals surface area contributed by atoms with Crippen molar-refractivity contribution in [1.29, 1.82) is 0 Å². The number of hydrogen-bond acceptors (Lipinski definition) is 4. The summed E-state index contributed by atoms with van der Waals surface area (Å²) in [5.74, 6) is 2.90. The molecule has 0 amide bonds. The fraction of sp³-hybridized carbons (Fsp3) is 0.0400. The summed E-state index contributed by atoms with van der Waals surface area (Å²) < 4.78 is 12.5. The van der Waals surface area contributed by atoms with E-state index in [9.17, 15) is 5.11 Å². The molecule has 0 aliphatic carbocycles. The van der Waals surface area contributed by atoms with E-state index in [1.807, 2.05) is 72.8 Å². The maximum atomic E-state index is 11.1. The van der Waals surface area contributed by atoms with Gasteiger partial charge in [0, 0.05) is 22.4 Å². The van der Waals surface area contributed by atoms with E-state index in [0.717, 1.165) is 28.2 Å². The zero-order valence-electron chi connectivity index (χ0n) is 15.4. The molecule has 3 N–H and O–H groups in total. The Morgan fingerprint density at radius 3 is 1.76 bits per heavy atom. The average molecular weight is 379 g/mol. The van der Waals surface area contributed by atoms with Crippen molar-refractivity contribution in [3.05, 3.63) is 107 Å². The summed E-state index contributed by atoms with van der Waals surface area (Å²) in [5.41, 5.74) is 9.64. The first-order chi connectivity index (χ1) is 14.2. The number of aromatic hydroxyl groups is 1. The Bertz CT molecular complexity index is 1190. The van der Waals surface area contributed by atoms with Gasteiger partial charge in [0.1, 0.15) is 28.7 Å². The van der Waals surface area contributed by atoms with Crippen LogP contribution < -0.4 is 15.2 Å². The van der Waals surface area contributed by atoms with Crippen LogP contribution >= 0.6 is 0 Å². The summed E-state index contributed by atoms with van der Waals surface area (Å²) in [4.78, 5) is 0. The van der Waals surface area contributed by atoms with Crippen LogP contribution in [-0.2, 0) is 5.41 Å². The largest absolute Gasteiger partial charge is 0.507 e. The van der Waals surface area contributed by atoms with Crippen LogP contribution in [0.3, 0.4) is 0 Å². The highest BCUT2D eigenvalue weighted by Gasteiger charge is 2.52. The second kappa shape index (κ2) is 5.55. The van der Waals surface area contributed by atoms with E-state index in [2.05, 4.69) is 0 Å². The van der Waals surface area contributed by atoms with Gasteiger partial charge in [-0.1, -0.05) is 48.5 Å². The second-order valence-corrected chi connectivity index (χ2v) is 7.32. The van der Waals surface area contributed by atoms with Crippen LogP contribution in [0.2, 0.25) is 0 Å². The number of nitrogen functional groups attached to an aromatic ring is 1. The topological polar surface area (TPSA) is 64.7 Å². The lowest BCUT2D eigenvalue weighted by atomic mass is 9.61. The van der Waals surface area contributed by atoms with Crippen molar-refractivity contribution in [3.63, 3.8) is 0 Å². The third-order valence-electron chi connectivity index (χ3n) is 5.83. The number of anilines is 1. The molecule has 4 nitrogen and oxygen atoms in total. The van der Waals surface area contributed by atoms with Gasteiger partial charge < -0.3 is 20.3 Å². The van der Waals surface area contributed by atoms with Crippen molar-refractivity contribution < 1.29 is 14.6 Å². The van der Waals surface area contributed by atoms with Crippen molar-refractivity contribution >= 4 is 5.69 Å². The fourth-order valence-corrected chi connectivity index (χ4v) is 4.79. The summed E-state index contributed by atoms with van der Waals surface area (Å²) in [7, 11) is 0. The quantitative estimate of drug-likeness (QED) is 0.339. The van der Waals surface area contributed by atoms with Crippen LogP contribution in [0.1, 0.15) is 22.3 Å². The minimum Gasteiger partial charge on any atom is -0.507 e. The molecular formula is C25H17NO3. The Kier molecular flexibility index (Phi) is 3.08. The number of phenolic OH excluding ortho intramolecular Hbond substituents is 1. The maximum Gasteiger partial charge on any atom is 0.135 e. The number of benzene rings is 4. The van der Waals surface area contributed by atoms with Gasteiger partial charge in [0.25, 0.3) is 0 Å². The van der Waals surface area contributed by atoms with Crippen molar-refractivity contribution in [2.24, 2.45) is 0 Å². The first kappa shape index (κ1) is 16.1. The van der Waals surface area contributed by atoms with Gasteiger partial charge in [0.2, 0.25) is 0 Å². The van der Waals surface area contributed by atoms with Gasteiger partial charge in [-0.2, -0.15) is 0 Å². The number of para-hydroxylation sites is 2. The molecule has 2 aliphatic rings. The molecule has 0 saturated carbocycles. The number of fused-ring (bicyclic) bond motifs is 8. The molecule has 0 bridgehead atoms. The van der Waals surface area contributed by atoms with Crippen LogP contribution in [0.25, 0.3) is 0 Å². The van der Waals surface area contributed by atoms with Gasteiger partial charge in [-0.05, 0) is 36.4 Å². The molecule has 0 saturated heterocycles. The molecule has 4 aromatic carbocycles. The van der Waals surface area contributed by atoms with E-state index in [4.69, 9.17) is 15.2 Å². The molecule has 1 atom stereocenters. The minimum atomic E-state index is -0.856. The van der Waals surface area contributed by atoms with Crippen molar-refractivity contribution in [3.8, 4) is 28.7 Å². The number of nitrogens with two attached hydrogens (primary N) is 1. The molecule has 4 heteroatoms. The lowest BCUT2D eigenvalue weighted by molar-refractivity contribution is 0.383. The van der Waals surface area contributed by atoms with Crippen LogP contribution in [0.5, 0.6) is 28.7 Å². The van der Waals surface area contributed by atoms with E-state index >= 15 is 0 Å². The zero-order valence-corrected chi connectivity index (χ0v) is 15.4. The second-order valence-electron chi connectivity index (χ2n) is 7.32. The molecule has 4 aromatic rings. The SMILES string of the molecule is Nc1cccc2c1C1(c3ccccc3O2)c2ccccc2Oc2cccc(O)c21. The van der Waals surface area contributed by atoms with Gasteiger partial charge in [0.05, 0.1) is 11.0 Å². The highest BCUT2D eigenvalue weighted by atomic mass is 16.5. The number of rotatable bonds is 0. The van der Waals surface area contributed by atoms with Gasteiger partial charge in [0.15, 0.2) is 0 Å². The average Bonchev–Trinajstić information content (AvgIpc) is 2.74. The van der Waals surface area contributed by atoms with E-state index in [-0.39, 0.29) is 5.75 Å². The van der Waals surface area contributed by atoms with Crippen molar-refractivity contribution in [1.82, 2.24) is 0 Å². The van der Waals surface area contributed by atoms with Gasteiger partial charge >= 0.3 is 0 Å². The molecule has 29 heavy (non-hydrogen) atoms. The Hall–Kier alpha value is -3.92. The third kappa shape index (κ3) is 1.93. The standard InChI is InChI=1S/C25H17NO3/c26-17-9-5-13-21-23(17)25(15-7-1-3-11-19(15)28-21)16-8-2-4-12-20(16)29-22-14-6-10-18(27)24(22)25/h1-14,27H,26H2. The molecule has 2 aliphatic heterocycles. The number of hydrogen-bond donors (Lipinski definition) is 2. The summed E-state index contributed by atoms with van der Waals surface area (Å²) in [5, 5.41) is 11.1. The Morgan fingerprint density at radius 2 is 1.10 bits per heavy atom. The Morgan fingerprint density at radius 1 is 0.586 bits per heavy atom. The molecule has 1 spiro atoms. The predicted octanol–water partition coefficient (Wildman–Crippen LogP) is 5.57. The Balaban J connectivity index is 1.90. The van der Waals surface area contributed by atoms with E-state index in [1.165, 1.54) is 0 Å². The normalized spacial score (nSPS) is 17.9. The maximum absolute atomic E-state index is 11.1. The lowest BCUT2D eigenvalue weighted by Crippen LogP contribution is -2.37. The third-order valence-corrected chi connectivity index (χ3v) is 5.83. The summed E-state index contributed by atoms with van der Waals surface area (Å²) in [6.45, 7) is 0. The molecule has 1 unspecified atom stereocenters. The van der Waals surface area contributed by atoms with Crippen LogP contribution in [0.15, 0.2) is 84.9 Å². The van der Waals surface area contributed by atoms with E-state index < -0.39 is 5.41 Å². The fourth-order valence-electron chi connectivity index (χ4n) is 4.79. The monoisotopic (exact) mass is 379 g/mol. The van der Waals surface area contributed by atoms with Gasteiger partial charge in [-0.15, -0.1) is 0 Å². The summed E-state index contributed by atoms with van der Waals surface area (Å²) in [6, 6.07) is 26.8. The number of ether oxygens (including phenoxy) is 2. The molecule has 0 aromatic heterocycles. The predicted molar refractivity (Wildman–Crippen MR) is 111 cm³/mol. The van der Waals surface area contributed by atoms with Crippen LogP contribution in [0.4, 0.5) is 5.69 Å². The van der Waals surface area contributed by atoms with Gasteiger partial charge in [-0.3, -0.25) is 0 Å². The van der Waals surface area contributed by atoms with E-state index in [0.29, 0.717) is 22.7 Å². The molecule has 6 rings (SSSR count). The highest BCUT2D eigenvalue weighted by Crippen LogP contribution is 2.64. The van der Waals surface area contributed by atoms with Crippen molar-refractivity contribution in [2.75, 3.05) is 5.73 Å². The summed E-state index contributed by atoms with van der Waals surface area (Å²) >= 11 is 0. The minimum absolute atomic E-state index is 0.155. The van der Waals surface area contributed by atoms with Crippen LogP contribution in [-0.4, -0.2) is 5.11 Å². The smallest absolute Gasteiger partial charge is 0.135 e. The molecule has 0 fully saturated rings. The summed E-state index contributed by atoms with van der Waals surface area (Å²) in [6.07, 6.45) is 0. The molecule has 2 heterocycles. The van der Waals surface area contributed by atoms with E-state index in [1.54, 1.807) is 12.1 Å². The molecule has 0 radical (unpaired) electrons. The van der Waals surface area contributed by atoms with Gasteiger partial charge in [-0.25, -0.2) is 0 Å². The first-order valence-corrected chi connectivity index (χ1v) is 9.47.